The molecule has 0 bridgehead atoms. The van der Waals surface area contributed by atoms with Gasteiger partial charge in [0.2, 0.25) is 5.89 Å². The number of pyridine rings is 1. The standard InChI is InChI=1S/C27H22N4O3/c1-15-22-13-28-10-9-20(22)16(2)26-25(15)21-12-19(7-8-23(21)29-26)33-14-24-30-31-27(34-24)17-5-4-6-18(11-17)32-3/h4-13,29H,14H2,1-3H3. The van der Waals surface area contributed by atoms with Crippen molar-refractivity contribution in [2.75, 3.05) is 7.11 Å². The summed E-state index contributed by atoms with van der Waals surface area (Å²) in [7, 11) is 1.62. The van der Waals surface area contributed by atoms with E-state index in [4.69, 9.17) is 13.9 Å². The van der Waals surface area contributed by atoms with E-state index in [1.165, 1.54) is 21.9 Å². The number of aryl methyl sites for hydroxylation is 2. The highest BCUT2D eigenvalue weighted by molar-refractivity contribution is 6.16. The smallest absolute Gasteiger partial charge is 0.254 e. The van der Waals surface area contributed by atoms with Crippen LogP contribution in [-0.2, 0) is 6.61 Å². The van der Waals surface area contributed by atoms with E-state index in [9.17, 15) is 0 Å². The van der Waals surface area contributed by atoms with E-state index < -0.39 is 0 Å². The first-order chi connectivity index (χ1) is 16.6. The van der Waals surface area contributed by atoms with Gasteiger partial charge in [0.15, 0.2) is 6.61 Å². The number of ether oxygens (including phenoxy) is 2. The van der Waals surface area contributed by atoms with E-state index in [1.807, 2.05) is 48.8 Å². The van der Waals surface area contributed by atoms with E-state index in [0.717, 1.165) is 38.9 Å². The molecule has 0 aliphatic heterocycles. The monoisotopic (exact) mass is 450 g/mol. The van der Waals surface area contributed by atoms with Crippen molar-refractivity contribution in [3.05, 3.63) is 77.9 Å². The van der Waals surface area contributed by atoms with Gasteiger partial charge in [0.25, 0.3) is 5.89 Å². The summed E-state index contributed by atoms with van der Waals surface area (Å²) in [5.74, 6) is 2.30. The SMILES string of the molecule is COc1cccc(-c2nnc(COc3ccc4[nH]c5c(C)c6ccncc6c(C)c5c4c3)o2)c1. The number of nitrogens with one attached hydrogen (secondary N) is 1. The van der Waals surface area contributed by atoms with Gasteiger partial charge in [-0.3, -0.25) is 4.98 Å². The van der Waals surface area contributed by atoms with Crippen LogP contribution in [0.2, 0.25) is 0 Å². The predicted octanol–water partition coefficient (Wildman–Crippen LogP) is 6.12. The maximum absolute atomic E-state index is 6.02. The van der Waals surface area contributed by atoms with Gasteiger partial charge in [-0.25, -0.2) is 0 Å². The fraction of sp³-hybridized carbons (Fsp3) is 0.148. The minimum atomic E-state index is 0.176. The second-order valence-electron chi connectivity index (χ2n) is 8.28. The fourth-order valence-corrected chi connectivity index (χ4v) is 4.55. The van der Waals surface area contributed by atoms with E-state index in [1.54, 1.807) is 7.11 Å². The fourth-order valence-electron chi connectivity index (χ4n) is 4.55. The molecule has 3 aromatic carbocycles. The van der Waals surface area contributed by atoms with Gasteiger partial charge in [-0.15, -0.1) is 10.2 Å². The Kier molecular flexibility index (Phi) is 4.69. The van der Waals surface area contributed by atoms with Crippen LogP contribution < -0.4 is 9.47 Å². The third kappa shape index (κ3) is 3.25. The minimum Gasteiger partial charge on any atom is -0.497 e. The van der Waals surface area contributed by atoms with Crippen LogP contribution in [-0.4, -0.2) is 27.3 Å². The largest absolute Gasteiger partial charge is 0.497 e. The Morgan fingerprint density at radius 3 is 2.71 bits per heavy atom. The molecule has 7 nitrogen and oxygen atoms in total. The van der Waals surface area contributed by atoms with Gasteiger partial charge in [-0.1, -0.05) is 6.07 Å². The highest BCUT2D eigenvalue weighted by atomic mass is 16.5. The molecule has 6 aromatic rings. The van der Waals surface area contributed by atoms with Gasteiger partial charge in [0, 0.05) is 39.6 Å². The third-order valence-corrected chi connectivity index (χ3v) is 6.29. The summed E-state index contributed by atoms with van der Waals surface area (Å²) in [6, 6.07) is 15.6. The lowest BCUT2D eigenvalue weighted by Crippen LogP contribution is -1.95. The maximum Gasteiger partial charge on any atom is 0.254 e. The zero-order valence-electron chi connectivity index (χ0n) is 19.0. The number of benzene rings is 3. The van der Waals surface area contributed by atoms with Crippen LogP contribution in [0, 0.1) is 13.8 Å². The van der Waals surface area contributed by atoms with Crippen LogP contribution in [0.25, 0.3) is 44.0 Å². The Balaban J connectivity index is 1.32. The number of aromatic amines is 1. The molecule has 0 atom stereocenters. The molecule has 3 aromatic heterocycles. The van der Waals surface area contributed by atoms with Gasteiger partial charge in [0.1, 0.15) is 11.5 Å². The van der Waals surface area contributed by atoms with Gasteiger partial charge in [-0.2, -0.15) is 0 Å². The van der Waals surface area contributed by atoms with E-state index in [2.05, 4.69) is 46.1 Å². The first-order valence-electron chi connectivity index (χ1n) is 11.0. The van der Waals surface area contributed by atoms with Crippen molar-refractivity contribution in [3.8, 4) is 23.0 Å². The molecule has 0 amide bonds. The normalized spacial score (nSPS) is 11.5. The molecule has 0 spiro atoms. The molecule has 3 heterocycles. The Morgan fingerprint density at radius 2 is 1.82 bits per heavy atom. The highest BCUT2D eigenvalue weighted by Gasteiger charge is 2.15. The number of hydrogen-bond donors (Lipinski definition) is 1. The summed E-state index contributed by atoms with van der Waals surface area (Å²) in [6.45, 7) is 4.47. The Bertz CT molecular complexity index is 1680. The van der Waals surface area contributed by atoms with E-state index in [-0.39, 0.29) is 6.61 Å². The molecule has 6 rings (SSSR count). The van der Waals surface area contributed by atoms with Crippen molar-refractivity contribution in [2.24, 2.45) is 0 Å². The summed E-state index contributed by atoms with van der Waals surface area (Å²) in [5, 5.41) is 13.0. The van der Waals surface area contributed by atoms with Crippen molar-refractivity contribution in [3.63, 3.8) is 0 Å². The molecule has 34 heavy (non-hydrogen) atoms. The number of H-pyrrole nitrogens is 1. The molecule has 0 saturated heterocycles. The number of methoxy groups -OCH3 is 1. The molecule has 0 unspecified atom stereocenters. The van der Waals surface area contributed by atoms with Crippen molar-refractivity contribution in [2.45, 2.75) is 20.5 Å². The van der Waals surface area contributed by atoms with Crippen LogP contribution in [0.3, 0.4) is 0 Å². The van der Waals surface area contributed by atoms with E-state index >= 15 is 0 Å². The quantitative estimate of drug-likeness (QED) is 0.340. The summed E-state index contributed by atoms with van der Waals surface area (Å²) >= 11 is 0. The van der Waals surface area contributed by atoms with Crippen LogP contribution >= 0.6 is 0 Å². The van der Waals surface area contributed by atoms with E-state index in [0.29, 0.717) is 11.8 Å². The average Bonchev–Trinajstić information content (AvgIpc) is 3.51. The second-order valence-corrected chi connectivity index (χ2v) is 8.28. The Hall–Kier alpha value is -4.39. The highest BCUT2D eigenvalue weighted by Crippen LogP contribution is 2.37. The molecule has 0 fully saturated rings. The summed E-state index contributed by atoms with van der Waals surface area (Å²) in [5.41, 5.74) is 5.42. The average molecular weight is 450 g/mol. The number of nitrogens with zero attached hydrogens (tertiary/aromatic N) is 3. The van der Waals surface area contributed by atoms with Crippen molar-refractivity contribution in [1.82, 2.24) is 20.2 Å². The number of aromatic nitrogens is 4. The van der Waals surface area contributed by atoms with Crippen molar-refractivity contribution >= 4 is 32.6 Å². The molecule has 0 saturated carbocycles. The van der Waals surface area contributed by atoms with Gasteiger partial charge >= 0.3 is 0 Å². The van der Waals surface area contributed by atoms with Gasteiger partial charge < -0.3 is 18.9 Å². The summed E-state index contributed by atoms with van der Waals surface area (Å²) < 4.78 is 17.1. The molecule has 0 aliphatic carbocycles. The predicted molar refractivity (Wildman–Crippen MR) is 131 cm³/mol. The second kappa shape index (κ2) is 7.88. The molecule has 7 heteroatoms. The minimum absolute atomic E-state index is 0.176. The summed E-state index contributed by atoms with van der Waals surface area (Å²) in [6.07, 6.45) is 3.78. The maximum atomic E-state index is 6.02. The molecular weight excluding hydrogens is 428 g/mol. The van der Waals surface area contributed by atoms with Crippen LogP contribution in [0.15, 0.2) is 65.3 Å². The molecule has 0 radical (unpaired) electrons. The Labute approximate surface area is 195 Å². The van der Waals surface area contributed by atoms with Crippen molar-refractivity contribution < 1.29 is 13.9 Å². The van der Waals surface area contributed by atoms with Crippen LogP contribution in [0.5, 0.6) is 11.5 Å². The number of fused-ring (bicyclic) bond motifs is 4. The van der Waals surface area contributed by atoms with Crippen LogP contribution in [0.1, 0.15) is 17.0 Å². The molecule has 0 aliphatic rings. The molecule has 1 N–H and O–H groups in total. The first kappa shape index (κ1) is 20.2. The topological polar surface area (TPSA) is 86.1 Å². The lowest BCUT2D eigenvalue weighted by molar-refractivity contribution is 0.265. The Morgan fingerprint density at radius 1 is 0.912 bits per heavy atom. The lowest BCUT2D eigenvalue weighted by atomic mass is 9.97. The zero-order valence-corrected chi connectivity index (χ0v) is 19.0. The zero-order chi connectivity index (χ0) is 23.2. The number of rotatable bonds is 5. The lowest BCUT2D eigenvalue weighted by Gasteiger charge is -2.08. The molecular formula is C27H22N4O3. The summed E-state index contributed by atoms with van der Waals surface area (Å²) in [4.78, 5) is 7.92. The van der Waals surface area contributed by atoms with Crippen molar-refractivity contribution in [1.29, 1.82) is 0 Å². The third-order valence-electron chi connectivity index (χ3n) is 6.29. The molecule has 168 valence electrons. The van der Waals surface area contributed by atoms with Crippen LogP contribution in [0.4, 0.5) is 0 Å². The van der Waals surface area contributed by atoms with Gasteiger partial charge in [0.05, 0.1) is 12.6 Å². The number of hydrogen-bond acceptors (Lipinski definition) is 6. The first-order valence-corrected chi connectivity index (χ1v) is 11.0. The van der Waals surface area contributed by atoms with Gasteiger partial charge in [-0.05, 0) is 72.8 Å².